The van der Waals surface area contributed by atoms with Crippen LogP contribution in [-0.2, 0) is 13.6 Å². The quantitative estimate of drug-likeness (QED) is 0.509. The van der Waals surface area contributed by atoms with Gasteiger partial charge in [-0.15, -0.1) is 0 Å². The minimum absolute atomic E-state index is 0.693. The zero-order valence-corrected chi connectivity index (χ0v) is 14.8. The van der Waals surface area contributed by atoms with Gasteiger partial charge in [-0.3, -0.25) is 15.1 Å². The minimum atomic E-state index is 0.693. The molecule has 0 unspecified atom stereocenters. The Bertz CT molecular complexity index is 1240. The molecule has 0 spiro atoms. The van der Waals surface area contributed by atoms with Gasteiger partial charge in [-0.2, -0.15) is 5.10 Å². The van der Waals surface area contributed by atoms with Gasteiger partial charge in [0, 0.05) is 60.7 Å². The Labute approximate surface area is 155 Å². The maximum atomic E-state index is 4.59. The van der Waals surface area contributed by atoms with Gasteiger partial charge in [0.2, 0.25) is 0 Å². The second-order valence-electron chi connectivity index (χ2n) is 6.61. The SMILES string of the molecule is Cn1ccc2ccc(-c3cc(NCc4cn[nH]c4)cc4nccnc34)cc21. The zero-order chi connectivity index (χ0) is 18.2. The summed E-state index contributed by atoms with van der Waals surface area (Å²) in [6.07, 6.45) is 9.25. The number of anilines is 1. The predicted octanol–water partition coefficient (Wildman–Crippen LogP) is 4.12. The Morgan fingerprint density at radius 1 is 1.07 bits per heavy atom. The second-order valence-corrected chi connectivity index (χ2v) is 6.61. The minimum Gasteiger partial charge on any atom is -0.381 e. The number of nitrogens with one attached hydrogen (secondary N) is 2. The fourth-order valence-electron chi connectivity index (χ4n) is 3.41. The molecule has 0 radical (unpaired) electrons. The molecule has 0 aliphatic rings. The molecule has 0 bridgehead atoms. The Kier molecular flexibility index (Phi) is 3.60. The van der Waals surface area contributed by atoms with Crippen molar-refractivity contribution in [2.24, 2.45) is 7.05 Å². The summed E-state index contributed by atoms with van der Waals surface area (Å²) >= 11 is 0. The molecule has 0 saturated heterocycles. The second kappa shape index (κ2) is 6.25. The molecule has 6 nitrogen and oxygen atoms in total. The highest BCUT2D eigenvalue weighted by atomic mass is 15.1. The van der Waals surface area contributed by atoms with Crippen LogP contribution in [0.3, 0.4) is 0 Å². The molecule has 0 atom stereocenters. The van der Waals surface area contributed by atoms with E-state index < -0.39 is 0 Å². The smallest absolute Gasteiger partial charge is 0.0966 e. The van der Waals surface area contributed by atoms with Crippen molar-refractivity contribution in [3.05, 3.63) is 72.9 Å². The van der Waals surface area contributed by atoms with Gasteiger partial charge < -0.3 is 9.88 Å². The van der Waals surface area contributed by atoms with Gasteiger partial charge in [-0.25, -0.2) is 0 Å². The molecule has 3 aromatic heterocycles. The lowest BCUT2D eigenvalue weighted by Gasteiger charge is -2.11. The zero-order valence-electron chi connectivity index (χ0n) is 14.8. The molecule has 0 saturated carbocycles. The highest BCUT2D eigenvalue weighted by Crippen LogP contribution is 2.32. The molecule has 27 heavy (non-hydrogen) atoms. The van der Waals surface area contributed by atoms with Crippen LogP contribution in [0.1, 0.15) is 5.56 Å². The molecule has 2 N–H and O–H groups in total. The summed E-state index contributed by atoms with van der Waals surface area (Å²) in [7, 11) is 2.06. The fraction of sp³-hybridized carbons (Fsp3) is 0.0952. The van der Waals surface area contributed by atoms with Crippen molar-refractivity contribution in [3.8, 4) is 11.1 Å². The number of benzene rings is 2. The predicted molar refractivity (Wildman–Crippen MR) is 107 cm³/mol. The van der Waals surface area contributed by atoms with E-state index in [0.29, 0.717) is 6.54 Å². The first kappa shape index (κ1) is 15.6. The van der Waals surface area contributed by atoms with Gasteiger partial charge >= 0.3 is 0 Å². The van der Waals surface area contributed by atoms with Crippen molar-refractivity contribution in [1.82, 2.24) is 24.7 Å². The maximum absolute atomic E-state index is 4.59. The van der Waals surface area contributed by atoms with Crippen molar-refractivity contribution in [2.45, 2.75) is 6.54 Å². The Morgan fingerprint density at radius 2 is 2.00 bits per heavy atom. The molecule has 6 heteroatoms. The number of hydrogen-bond acceptors (Lipinski definition) is 4. The third-order valence-corrected chi connectivity index (χ3v) is 4.82. The molecular formula is C21H18N6. The molecule has 0 fully saturated rings. The van der Waals surface area contributed by atoms with Crippen LogP contribution in [0.5, 0.6) is 0 Å². The Morgan fingerprint density at radius 3 is 2.89 bits per heavy atom. The summed E-state index contributed by atoms with van der Waals surface area (Å²) in [4.78, 5) is 9.10. The van der Waals surface area contributed by atoms with E-state index >= 15 is 0 Å². The summed E-state index contributed by atoms with van der Waals surface area (Å²) in [6, 6.07) is 12.8. The van der Waals surface area contributed by atoms with Crippen LogP contribution in [0.4, 0.5) is 5.69 Å². The van der Waals surface area contributed by atoms with Crippen LogP contribution in [-0.4, -0.2) is 24.7 Å². The van der Waals surface area contributed by atoms with E-state index in [9.17, 15) is 0 Å². The number of aromatic nitrogens is 5. The van der Waals surface area contributed by atoms with Crippen molar-refractivity contribution in [2.75, 3.05) is 5.32 Å². The number of aryl methyl sites for hydroxylation is 1. The van der Waals surface area contributed by atoms with Crippen LogP contribution >= 0.6 is 0 Å². The first-order valence-electron chi connectivity index (χ1n) is 8.80. The van der Waals surface area contributed by atoms with E-state index in [1.807, 2.05) is 18.5 Å². The van der Waals surface area contributed by atoms with E-state index in [0.717, 1.165) is 33.4 Å². The van der Waals surface area contributed by atoms with Gasteiger partial charge in [0.1, 0.15) is 0 Å². The standard InChI is InChI=1S/C21H18N6/c1-27-7-4-15-2-3-16(8-20(15)27)18-9-17(24-11-14-12-25-26-13-14)10-19-21(18)23-6-5-22-19/h2-10,12-13,24H,11H2,1H3,(H,25,26). The van der Waals surface area contributed by atoms with Crippen LogP contribution in [0.25, 0.3) is 33.1 Å². The number of fused-ring (bicyclic) bond motifs is 2. The molecule has 2 aromatic carbocycles. The lowest BCUT2D eigenvalue weighted by Crippen LogP contribution is -1.99. The molecule has 132 valence electrons. The lowest BCUT2D eigenvalue weighted by atomic mass is 10.0. The van der Waals surface area contributed by atoms with E-state index in [-0.39, 0.29) is 0 Å². The summed E-state index contributed by atoms with van der Waals surface area (Å²) in [5, 5.41) is 11.5. The number of nitrogens with zero attached hydrogens (tertiary/aromatic N) is 4. The van der Waals surface area contributed by atoms with Crippen LogP contribution < -0.4 is 5.32 Å². The van der Waals surface area contributed by atoms with Crippen molar-refractivity contribution in [1.29, 1.82) is 0 Å². The van der Waals surface area contributed by atoms with Gasteiger partial charge in [-0.05, 0) is 35.2 Å². The summed E-state index contributed by atoms with van der Waals surface area (Å²) in [5.74, 6) is 0. The van der Waals surface area contributed by atoms with E-state index in [1.54, 1.807) is 12.4 Å². The molecule has 5 rings (SSSR count). The van der Waals surface area contributed by atoms with Crippen molar-refractivity contribution in [3.63, 3.8) is 0 Å². The van der Waals surface area contributed by atoms with Gasteiger partial charge in [0.05, 0.1) is 17.2 Å². The summed E-state index contributed by atoms with van der Waals surface area (Å²) < 4.78 is 2.13. The maximum Gasteiger partial charge on any atom is 0.0966 e. The monoisotopic (exact) mass is 354 g/mol. The highest BCUT2D eigenvalue weighted by molar-refractivity contribution is 5.97. The number of hydrogen-bond donors (Lipinski definition) is 2. The molecule has 0 aliphatic carbocycles. The Balaban J connectivity index is 1.63. The molecule has 0 aliphatic heterocycles. The van der Waals surface area contributed by atoms with Crippen LogP contribution in [0.2, 0.25) is 0 Å². The van der Waals surface area contributed by atoms with Gasteiger partial charge in [-0.1, -0.05) is 12.1 Å². The molecule has 0 amide bonds. The van der Waals surface area contributed by atoms with E-state index in [4.69, 9.17) is 0 Å². The average molecular weight is 354 g/mol. The van der Waals surface area contributed by atoms with E-state index in [1.165, 1.54) is 10.9 Å². The first-order valence-corrected chi connectivity index (χ1v) is 8.80. The van der Waals surface area contributed by atoms with Crippen molar-refractivity contribution < 1.29 is 0 Å². The summed E-state index contributed by atoms with van der Waals surface area (Å²) in [5.41, 5.74) is 7.27. The normalized spacial score (nSPS) is 11.3. The molecular weight excluding hydrogens is 336 g/mol. The summed E-state index contributed by atoms with van der Waals surface area (Å²) in [6.45, 7) is 0.693. The Hall–Kier alpha value is -3.67. The molecule has 5 aromatic rings. The highest BCUT2D eigenvalue weighted by Gasteiger charge is 2.10. The van der Waals surface area contributed by atoms with Crippen LogP contribution in [0, 0.1) is 0 Å². The number of H-pyrrole nitrogens is 1. The first-order chi connectivity index (χ1) is 13.3. The average Bonchev–Trinajstić information content (AvgIpc) is 3.35. The van der Waals surface area contributed by atoms with E-state index in [2.05, 4.69) is 73.6 Å². The molecule has 3 heterocycles. The number of aromatic amines is 1. The lowest BCUT2D eigenvalue weighted by molar-refractivity contribution is 0.969. The third kappa shape index (κ3) is 2.81. The number of rotatable bonds is 4. The van der Waals surface area contributed by atoms with Gasteiger partial charge in [0.25, 0.3) is 0 Å². The largest absolute Gasteiger partial charge is 0.381 e. The fourth-order valence-corrected chi connectivity index (χ4v) is 3.41. The van der Waals surface area contributed by atoms with Gasteiger partial charge in [0.15, 0.2) is 0 Å². The third-order valence-electron chi connectivity index (χ3n) is 4.82. The van der Waals surface area contributed by atoms with Crippen LogP contribution in [0.15, 0.2) is 67.4 Å². The van der Waals surface area contributed by atoms with Crippen molar-refractivity contribution >= 4 is 27.6 Å². The topological polar surface area (TPSA) is 71.4 Å².